The summed E-state index contributed by atoms with van der Waals surface area (Å²) in [7, 11) is 0. The Bertz CT molecular complexity index is 160. The zero-order chi connectivity index (χ0) is 8.97. The minimum Gasteiger partial charge on any atom is -0.466 e. The van der Waals surface area contributed by atoms with Gasteiger partial charge in [-0.15, -0.1) is 0 Å². The van der Waals surface area contributed by atoms with Gasteiger partial charge in [0.2, 0.25) is 0 Å². The molecule has 70 valence electrons. The summed E-state index contributed by atoms with van der Waals surface area (Å²) in [5.74, 6) is -0.355. The fourth-order valence-corrected chi connectivity index (χ4v) is 1.30. The maximum Gasteiger partial charge on any atom is 0.310 e. The van der Waals surface area contributed by atoms with Crippen molar-refractivity contribution < 1.29 is 14.3 Å². The number of ether oxygens (including phenoxy) is 2. The average molecular weight is 173 g/mol. The number of rotatable bonds is 2. The Morgan fingerprint density at radius 3 is 3.08 bits per heavy atom. The minimum atomic E-state index is -0.196. The molecular formula is C8H15NO3. The average Bonchev–Trinajstić information content (AvgIpc) is 2.05. The summed E-state index contributed by atoms with van der Waals surface area (Å²) in [6.07, 6.45) is 0.681. The van der Waals surface area contributed by atoms with Crippen molar-refractivity contribution in [1.82, 2.24) is 0 Å². The van der Waals surface area contributed by atoms with Crippen molar-refractivity contribution in [1.29, 1.82) is 0 Å². The summed E-state index contributed by atoms with van der Waals surface area (Å²) >= 11 is 0. The Labute approximate surface area is 72.0 Å². The monoisotopic (exact) mass is 173 g/mol. The fraction of sp³-hybridized carbons (Fsp3) is 0.875. The Hall–Kier alpha value is -0.610. The zero-order valence-electron chi connectivity index (χ0n) is 7.29. The van der Waals surface area contributed by atoms with Gasteiger partial charge in [-0.3, -0.25) is 4.79 Å². The van der Waals surface area contributed by atoms with Gasteiger partial charge in [0, 0.05) is 12.6 Å². The number of carbonyl (C=O) groups is 1. The molecule has 0 aromatic rings. The normalized spacial score (nSPS) is 29.8. The third-order valence-electron chi connectivity index (χ3n) is 1.99. The molecule has 0 aliphatic carbocycles. The van der Waals surface area contributed by atoms with Crippen LogP contribution in [-0.4, -0.2) is 31.8 Å². The van der Waals surface area contributed by atoms with Crippen molar-refractivity contribution in [2.24, 2.45) is 11.7 Å². The molecule has 12 heavy (non-hydrogen) atoms. The predicted octanol–water partition coefficient (Wildman–Crippen LogP) is -0.0867. The second-order valence-corrected chi connectivity index (χ2v) is 2.89. The molecule has 0 spiro atoms. The Balaban J connectivity index is 2.42. The molecule has 0 unspecified atom stereocenters. The number of nitrogens with two attached hydrogens (primary N) is 1. The Kier molecular flexibility index (Phi) is 3.49. The first-order valence-corrected chi connectivity index (χ1v) is 4.25. The van der Waals surface area contributed by atoms with Gasteiger partial charge in [0.05, 0.1) is 19.1 Å². The van der Waals surface area contributed by atoms with E-state index in [-0.39, 0.29) is 17.9 Å². The van der Waals surface area contributed by atoms with Crippen molar-refractivity contribution >= 4 is 5.97 Å². The Morgan fingerprint density at radius 2 is 2.50 bits per heavy atom. The van der Waals surface area contributed by atoms with E-state index in [0.29, 0.717) is 26.2 Å². The summed E-state index contributed by atoms with van der Waals surface area (Å²) < 4.78 is 9.98. The van der Waals surface area contributed by atoms with Gasteiger partial charge >= 0.3 is 5.97 Å². The third-order valence-corrected chi connectivity index (χ3v) is 1.99. The van der Waals surface area contributed by atoms with Gasteiger partial charge in [-0.1, -0.05) is 0 Å². The quantitative estimate of drug-likeness (QED) is 0.593. The molecule has 0 aromatic carbocycles. The lowest BCUT2D eigenvalue weighted by Crippen LogP contribution is -2.44. The lowest BCUT2D eigenvalue weighted by atomic mass is 9.96. The van der Waals surface area contributed by atoms with E-state index in [0.717, 1.165) is 0 Å². The van der Waals surface area contributed by atoms with Crippen LogP contribution >= 0.6 is 0 Å². The first-order valence-electron chi connectivity index (χ1n) is 4.25. The fourth-order valence-electron chi connectivity index (χ4n) is 1.30. The van der Waals surface area contributed by atoms with Gasteiger partial charge < -0.3 is 15.2 Å². The molecule has 1 aliphatic heterocycles. The van der Waals surface area contributed by atoms with Crippen LogP contribution in [0.5, 0.6) is 0 Å². The molecule has 1 heterocycles. The van der Waals surface area contributed by atoms with Gasteiger partial charge in [0.25, 0.3) is 0 Å². The first kappa shape index (κ1) is 9.48. The maximum atomic E-state index is 11.3. The van der Waals surface area contributed by atoms with E-state index in [1.165, 1.54) is 0 Å². The van der Waals surface area contributed by atoms with Gasteiger partial charge in [-0.25, -0.2) is 0 Å². The van der Waals surface area contributed by atoms with E-state index < -0.39 is 0 Å². The van der Waals surface area contributed by atoms with Gasteiger partial charge in [0.1, 0.15) is 0 Å². The van der Waals surface area contributed by atoms with E-state index in [1.54, 1.807) is 6.92 Å². The molecule has 1 rings (SSSR count). The van der Waals surface area contributed by atoms with Crippen LogP contribution in [0.4, 0.5) is 0 Å². The van der Waals surface area contributed by atoms with E-state index in [9.17, 15) is 4.79 Å². The first-order chi connectivity index (χ1) is 5.75. The number of hydrogen-bond acceptors (Lipinski definition) is 4. The van der Waals surface area contributed by atoms with Crippen molar-refractivity contribution in [3.63, 3.8) is 0 Å². The van der Waals surface area contributed by atoms with Crippen LogP contribution in [0.3, 0.4) is 0 Å². The van der Waals surface area contributed by atoms with Crippen LogP contribution in [0.15, 0.2) is 0 Å². The Morgan fingerprint density at radius 1 is 1.75 bits per heavy atom. The standard InChI is InChI=1S/C8H15NO3/c1-2-12-8(10)6-3-4-11-5-7(6)9/h6-7H,2-5,9H2,1H3/t6-,7+/m0/s1. The molecule has 4 heteroatoms. The van der Waals surface area contributed by atoms with E-state index in [4.69, 9.17) is 15.2 Å². The molecule has 2 N–H and O–H groups in total. The van der Waals surface area contributed by atoms with Crippen LogP contribution < -0.4 is 5.73 Å². The lowest BCUT2D eigenvalue weighted by molar-refractivity contribution is -0.152. The summed E-state index contributed by atoms with van der Waals surface area (Å²) in [5, 5.41) is 0. The van der Waals surface area contributed by atoms with Crippen LogP contribution in [0, 0.1) is 5.92 Å². The SMILES string of the molecule is CCOC(=O)[C@H]1CCOC[C@H]1N. The van der Waals surface area contributed by atoms with Gasteiger partial charge in [-0.2, -0.15) is 0 Å². The molecule has 2 atom stereocenters. The molecule has 0 bridgehead atoms. The summed E-state index contributed by atoms with van der Waals surface area (Å²) in [5.41, 5.74) is 5.68. The number of carbonyl (C=O) groups excluding carboxylic acids is 1. The maximum absolute atomic E-state index is 11.3. The molecule has 1 saturated heterocycles. The molecular weight excluding hydrogens is 158 g/mol. The van der Waals surface area contributed by atoms with E-state index >= 15 is 0 Å². The minimum absolute atomic E-state index is 0.168. The molecule has 0 amide bonds. The highest BCUT2D eigenvalue weighted by atomic mass is 16.5. The van der Waals surface area contributed by atoms with Crippen molar-refractivity contribution in [3.8, 4) is 0 Å². The van der Waals surface area contributed by atoms with Crippen LogP contribution in [0.2, 0.25) is 0 Å². The van der Waals surface area contributed by atoms with Crippen LogP contribution in [0.1, 0.15) is 13.3 Å². The molecule has 1 fully saturated rings. The van der Waals surface area contributed by atoms with E-state index in [1.807, 2.05) is 0 Å². The predicted molar refractivity (Wildman–Crippen MR) is 43.5 cm³/mol. The highest BCUT2D eigenvalue weighted by Gasteiger charge is 2.29. The molecule has 4 nitrogen and oxygen atoms in total. The zero-order valence-corrected chi connectivity index (χ0v) is 7.29. The van der Waals surface area contributed by atoms with Crippen LogP contribution in [0.25, 0.3) is 0 Å². The highest BCUT2D eigenvalue weighted by molar-refractivity contribution is 5.73. The van der Waals surface area contributed by atoms with Crippen LogP contribution in [-0.2, 0) is 14.3 Å². The van der Waals surface area contributed by atoms with Crippen molar-refractivity contribution in [2.75, 3.05) is 19.8 Å². The highest BCUT2D eigenvalue weighted by Crippen LogP contribution is 2.15. The second kappa shape index (κ2) is 4.42. The molecule has 0 saturated carbocycles. The topological polar surface area (TPSA) is 61.5 Å². The third kappa shape index (κ3) is 2.19. The molecule has 1 aliphatic rings. The van der Waals surface area contributed by atoms with E-state index in [2.05, 4.69) is 0 Å². The second-order valence-electron chi connectivity index (χ2n) is 2.89. The summed E-state index contributed by atoms with van der Waals surface area (Å²) in [4.78, 5) is 11.3. The van der Waals surface area contributed by atoms with Gasteiger partial charge in [0.15, 0.2) is 0 Å². The number of hydrogen-bond donors (Lipinski definition) is 1. The largest absolute Gasteiger partial charge is 0.466 e. The lowest BCUT2D eigenvalue weighted by Gasteiger charge is -2.26. The summed E-state index contributed by atoms with van der Waals surface area (Å²) in [6.45, 7) is 3.28. The molecule has 0 radical (unpaired) electrons. The summed E-state index contributed by atoms with van der Waals surface area (Å²) in [6, 6.07) is -0.196. The molecule has 0 aromatic heterocycles. The smallest absolute Gasteiger partial charge is 0.310 e. The van der Waals surface area contributed by atoms with Crippen molar-refractivity contribution in [3.05, 3.63) is 0 Å². The van der Waals surface area contributed by atoms with Crippen molar-refractivity contribution in [2.45, 2.75) is 19.4 Å². The number of esters is 1. The van der Waals surface area contributed by atoms with Gasteiger partial charge in [-0.05, 0) is 13.3 Å².